The van der Waals surface area contributed by atoms with Crippen LogP contribution < -0.4 is 0 Å². The molecule has 0 saturated heterocycles. The summed E-state index contributed by atoms with van der Waals surface area (Å²) in [7, 11) is 0. The fourth-order valence-electron chi connectivity index (χ4n) is 2.52. The normalized spacial score (nSPS) is 22.3. The predicted molar refractivity (Wildman–Crippen MR) is 77.6 cm³/mol. The Morgan fingerprint density at radius 3 is 2.85 bits per heavy atom. The van der Waals surface area contributed by atoms with Crippen LogP contribution in [0.4, 0.5) is 5.69 Å². The monoisotopic (exact) mass is 341 g/mol. The van der Waals surface area contributed by atoms with Gasteiger partial charge in [0.25, 0.3) is 5.69 Å². The van der Waals surface area contributed by atoms with Gasteiger partial charge in [-0.1, -0.05) is 19.4 Å². The molecule has 0 heterocycles. The van der Waals surface area contributed by atoms with Crippen molar-refractivity contribution in [3.8, 4) is 0 Å². The number of nitro benzene ring substituents is 1. The van der Waals surface area contributed by atoms with E-state index in [1.165, 1.54) is 18.2 Å². The van der Waals surface area contributed by atoms with Gasteiger partial charge in [-0.15, -0.1) is 0 Å². The van der Waals surface area contributed by atoms with Gasteiger partial charge in [0.1, 0.15) is 10.6 Å². The van der Waals surface area contributed by atoms with Crippen LogP contribution in [0.5, 0.6) is 0 Å². The molecule has 1 aromatic carbocycles. The van der Waals surface area contributed by atoms with Crippen LogP contribution in [0, 0.1) is 16.0 Å². The second-order valence-corrected chi connectivity index (χ2v) is 5.99. The molecule has 0 aromatic heterocycles. The Hall–Kier alpha value is -1.43. The standard InChI is InChI=1S/C14H16BrNO4/c1-9-4-2-5-10(8-9)20-14(17)11-6-3-7-12(13(11)15)16(18)19/h3,6-7,9-10H,2,4-5,8H2,1H3. The third-order valence-corrected chi connectivity index (χ3v) is 4.39. The summed E-state index contributed by atoms with van der Waals surface area (Å²) < 4.78 is 5.65. The maximum Gasteiger partial charge on any atom is 0.339 e. The summed E-state index contributed by atoms with van der Waals surface area (Å²) >= 11 is 3.12. The largest absolute Gasteiger partial charge is 0.459 e. The molecule has 1 aliphatic carbocycles. The fourth-order valence-corrected chi connectivity index (χ4v) is 3.09. The van der Waals surface area contributed by atoms with E-state index in [0.29, 0.717) is 5.92 Å². The number of carbonyl (C=O) groups excluding carboxylic acids is 1. The zero-order valence-electron chi connectivity index (χ0n) is 11.2. The Morgan fingerprint density at radius 1 is 1.45 bits per heavy atom. The van der Waals surface area contributed by atoms with Gasteiger partial charge in [-0.05, 0) is 47.2 Å². The molecule has 108 valence electrons. The Morgan fingerprint density at radius 2 is 2.20 bits per heavy atom. The number of benzene rings is 1. The van der Waals surface area contributed by atoms with Crippen LogP contribution in [-0.2, 0) is 4.74 Å². The van der Waals surface area contributed by atoms with E-state index in [-0.39, 0.29) is 21.8 Å². The Bertz CT molecular complexity index is 532. The molecule has 0 amide bonds. The van der Waals surface area contributed by atoms with E-state index in [9.17, 15) is 14.9 Å². The number of nitrogens with zero attached hydrogens (tertiary/aromatic N) is 1. The minimum atomic E-state index is -0.524. The molecular weight excluding hydrogens is 326 g/mol. The molecule has 5 nitrogen and oxygen atoms in total. The Labute approximate surface area is 125 Å². The average Bonchev–Trinajstić information content (AvgIpc) is 2.38. The maximum absolute atomic E-state index is 12.1. The number of rotatable bonds is 3. The third-order valence-electron chi connectivity index (χ3n) is 3.56. The van der Waals surface area contributed by atoms with Crippen molar-refractivity contribution in [2.45, 2.75) is 38.7 Å². The third kappa shape index (κ3) is 3.36. The highest BCUT2D eigenvalue weighted by Crippen LogP contribution is 2.31. The summed E-state index contributed by atoms with van der Waals surface area (Å²) in [5, 5.41) is 10.9. The van der Waals surface area contributed by atoms with Gasteiger partial charge >= 0.3 is 5.97 Å². The molecule has 0 radical (unpaired) electrons. The van der Waals surface area contributed by atoms with E-state index < -0.39 is 10.9 Å². The van der Waals surface area contributed by atoms with Crippen LogP contribution >= 0.6 is 15.9 Å². The van der Waals surface area contributed by atoms with Gasteiger partial charge in [-0.25, -0.2) is 4.79 Å². The van der Waals surface area contributed by atoms with E-state index >= 15 is 0 Å². The number of nitro groups is 1. The van der Waals surface area contributed by atoms with E-state index in [1.54, 1.807) is 0 Å². The van der Waals surface area contributed by atoms with Crippen molar-refractivity contribution >= 4 is 27.6 Å². The number of esters is 1. The zero-order chi connectivity index (χ0) is 14.7. The van der Waals surface area contributed by atoms with Crippen molar-refractivity contribution < 1.29 is 14.5 Å². The van der Waals surface area contributed by atoms with Crippen molar-refractivity contribution in [3.63, 3.8) is 0 Å². The Kier molecular flexibility index (Phi) is 4.75. The fraction of sp³-hybridized carbons (Fsp3) is 0.500. The molecule has 1 saturated carbocycles. The number of hydrogen-bond acceptors (Lipinski definition) is 4. The van der Waals surface area contributed by atoms with Gasteiger partial charge in [-0.3, -0.25) is 10.1 Å². The van der Waals surface area contributed by atoms with Crippen LogP contribution in [0.1, 0.15) is 43.0 Å². The van der Waals surface area contributed by atoms with E-state index in [4.69, 9.17) is 4.74 Å². The number of hydrogen-bond donors (Lipinski definition) is 0. The van der Waals surface area contributed by atoms with Crippen molar-refractivity contribution in [1.82, 2.24) is 0 Å². The molecule has 1 aliphatic rings. The first-order valence-corrected chi connectivity index (χ1v) is 7.42. The van der Waals surface area contributed by atoms with Crippen molar-refractivity contribution in [2.75, 3.05) is 0 Å². The predicted octanol–water partition coefficient (Wildman–Crippen LogP) is 4.09. The second-order valence-electron chi connectivity index (χ2n) is 5.19. The van der Waals surface area contributed by atoms with Crippen LogP contribution in [0.2, 0.25) is 0 Å². The summed E-state index contributed by atoms with van der Waals surface area (Å²) in [6.07, 6.45) is 3.85. The topological polar surface area (TPSA) is 69.4 Å². The van der Waals surface area contributed by atoms with Gasteiger partial charge in [0.05, 0.1) is 10.5 Å². The molecule has 1 fully saturated rings. The number of ether oxygens (including phenoxy) is 1. The highest BCUT2D eigenvalue weighted by atomic mass is 79.9. The van der Waals surface area contributed by atoms with E-state index in [2.05, 4.69) is 22.9 Å². The average molecular weight is 342 g/mol. The van der Waals surface area contributed by atoms with Crippen LogP contribution in [0.15, 0.2) is 22.7 Å². The number of carbonyl (C=O) groups is 1. The molecular formula is C14H16BrNO4. The molecule has 2 unspecified atom stereocenters. The van der Waals surface area contributed by atoms with Gasteiger partial charge in [0, 0.05) is 6.07 Å². The summed E-state index contributed by atoms with van der Waals surface area (Å²) in [6.45, 7) is 2.14. The zero-order valence-corrected chi connectivity index (χ0v) is 12.8. The molecule has 0 bridgehead atoms. The highest BCUT2D eigenvalue weighted by molar-refractivity contribution is 9.10. The summed E-state index contributed by atoms with van der Waals surface area (Å²) in [6, 6.07) is 4.37. The minimum Gasteiger partial charge on any atom is -0.459 e. The molecule has 1 aromatic rings. The lowest BCUT2D eigenvalue weighted by atomic mass is 9.89. The van der Waals surface area contributed by atoms with Crippen LogP contribution in [0.25, 0.3) is 0 Å². The summed E-state index contributed by atoms with van der Waals surface area (Å²) in [5.41, 5.74) is 0.0777. The second kappa shape index (κ2) is 6.35. The lowest BCUT2D eigenvalue weighted by Gasteiger charge is -2.26. The van der Waals surface area contributed by atoms with Gasteiger partial charge in [-0.2, -0.15) is 0 Å². The van der Waals surface area contributed by atoms with Crippen LogP contribution in [-0.4, -0.2) is 17.0 Å². The molecule has 20 heavy (non-hydrogen) atoms. The van der Waals surface area contributed by atoms with E-state index in [1.807, 2.05) is 0 Å². The van der Waals surface area contributed by atoms with Gasteiger partial charge < -0.3 is 4.74 Å². The van der Waals surface area contributed by atoms with E-state index in [0.717, 1.165) is 25.7 Å². The van der Waals surface area contributed by atoms with Gasteiger partial charge in [0.2, 0.25) is 0 Å². The molecule has 0 aliphatic heterocycles. The lowest BCUT2D eigenvalue weighted by molar-refractivity contribution is -0.385. The van der Waals surface area contributed by atoms with Crippen LogP contribution in [0.3, 0.4) is 0 Å². The smallest absolute Gasteiger partial charge is 0.339 e. The molecule has 2 atom stereocenters. The highest BCUT2D eigenvalue weighted by Gasteiger charge is 2.25. The SMILES string of the molecule is CC1CCCC(OC(=O)c2cccc([N+](=O)[O-])c2Br)C1. The summed E-state index contributed by atoms with van der Waals surface area (Å²) in [5.74, 6) is 0.0507. The van der Waals surface area contributed by atoms with Gasteiger partial charge in [0.15, 0.2) is 0 Å². The van der Waals surface area contributed by atoms with Crippen molar-refractivity contribution in [3.05, 3.63) is 38.3 Å². The molecule has 2 rings (SSSR count). The first-order valence-electron chi connectivity index (χ1n) is 6.63. The minimum absolute atomic E-state index is 0.0857. The van der Waals surface area contributed by atoms with Crippen molar-refractivity contribution in [1.29, 1.82) is 0 Å². The molecule has 0 spiro atoms. The first kappa shape index (κ1) is 15.0. The first-order chi connectivity index (χ1) is 9.49. The maximum atomic E-state index is 12.1. The summed E-state index contributed by atoms with van der Waals surface area (Å²) in [4.78, 5) is 22.5. The Balaban J connectivity index is 2.13. The van der Waals surface area contributed by atoms with Crippen molar-refractivity contribution in [2.24, 2.45) is 5.92 Å². The quantitative estimate of drug-likeness (QED) is 0.471. The molecule has 0 N–H and O–H groups in total. The number of halogens is 1. The lowest BCUT2D eigenvalue weighted by Crippen LogP contribution is -2.24. The molecule has 6 heteroatoms.